The molecule has 9 heteroatoms. The smallest absolute Gasteiger partial charge is 0.337 e. The van der Waals surface area contributed by atoms with Crippen molar-refractivity contribution in [3.63, 3.8) is 0 Å². The number of rotatable bonds is 8. The van der Waals surface area contributed by atoms with E-state index in [4.69, 9.17) is 14.2 Å². The number of likely N-dealkylation sites (tertiary alicyclic amines) is 1. The van der Waals surface area contributed by atoms with Gasteiger partial charge in [0.15, 0.2) is 0 Å². The Morgan fingerprint density at radius 1 is 0.900 bits per heavy atom. The van der Waals surface area contributed by atoms with Crippen molar-refractivity contribution in [2.45, 2.75) is 12.5 Å². The number of amides is 1. The number of Topliss-reactive ketones (excluding diaryl/α,β-unsaturated/α-hetero) is 1. The molecule has 5 rings (SSSR count). The molecular formula is C31H28N2O7. The molecule has 204 valence electrons. The van der Waals surface area contributed by atoms with Crippen LogP contribution in [0.2, 0.25) is 0 Å². The molecule has 1 aliphatic rings. The number of fused-ring (bicyclic) bond motifs is 1. The summed E-state index contributed by atoms with van der Waals surface area (Å²) >= 11 is 0. The lowest BCUT2D eigenvalue weighted by molar-refractivity contribution is -0.139. The van der Waals surface area contributed by atoms with Crippen LogP contribution in [0.4, 0.5) is 0 Å². The second-order valence-corrected chi connectivity index (χ2v) is 9.31. The highest BCUT2D eigenvalue weighted by Crippen LogP contribution is 2.40. The van der Waals surface area contributed by atoms with E-state index in [0.29, 0.717) is 34.6 Å². The number of ketones is 1. The first-order chi connectivity index (χ1) is 19.4. The zero-order valence-corrected chi connectivity index (χ0v) is 22.3. The Morgan fingerprint density at radius 3 is 2.20 bits per heavy atom. The molecule has 1 saturated heterocycles. The topological polar surface area (TPSA) is 118 Å². The van der Waals surface area contributed by atoms with Gasteiger partial charge in [-0.15, -0.1) is 0 Å². The Hall–Kier alpha value is -5.05. The lowest BCUT2D eigenvalue weighted by Crippen LogP contribution is -2.31. The quantitative estimate of drug-likeness (QED) is 0.145. The van der Waals surface area contributed by atoms with Gasteiger partial charge in [0, 0.05) is 29.2 Å². The summed E-state index contributed by atoms with van der Waals surface area (Å²) in [7, 11) is 4.42. The van der Waals surface area contributed by atoms with Crippen molar-refractivity contribution in [1.82, 2.24) is 9.88 Å². The third-order valence-corrected chi connectivity index (χ3v) is 7.15. The van der Waals surface area contributed by atoms with Crippen molar-refractivity contribution < 1.29 is 33.7 Å². The van der Waals surface area contributed by atoms with Gasteiger partial charge in [-0.1, -0.05) is 12.1 Å². The molecule has 3 aromatic carbocycles. The van der Waals surface area contributed by atoms with E-state index in [0.717, 1.165) is 16.5 Å². The third kappa shape index (κ3) is 4.77. The van der Waals surface area contributed by atoms with Crippen molar-refractivity contribution in [2.75, 3.05) is 27.9 Å². The lowest BCUT2D eigenvalue weighted by Gasteiger charge is -2.25. The number of H-pyrrole nitrogens is 1. The Bertz CT molecular complexity index is 1620. The predicted molar refractivity (Wildman–Crippen MR) is 148 cm³/mol. The van der Waals surface area contributed by atoms with Crippen LogP contribution >= 0.6 is 0 Å². The number of carbonyl (C=O) groups is 3. The molecule has 2 heterocycles. The SMILES string of the molecule is COC(=O)c1ccc(C2/C(=C(/O)c3ccc(OC)cc3)C(=O)C(=O)N2CCc2c[nH]c3ccc(OC)cc23)cc1. The van der Waals surface area contributed by atoms with Crippen LogP contribution in [-0.4, -0.2) is 60.5 Å². The molecule has 1 amide bonds. The van der Waals surface area contributed by atoms with E-state index in [1.807, 2.05) is 24.4 Å². The van der Waals surface area contributed by atoms with E-state index in [1.54, 1.807) is 55.6 Å². The summed E-state index contributed by atoms with van der Waals surface area (Å²) in [5.41, 5.74) is 3.12. The third-order valence-electron chi connectivity index (χ3n) is 7.15. The van der Waals surface area contributed by atoms with Crippen molar-refractivity contribution in [1.29, 1.82) is 0 Å². The van der Waals surface area contributed by atoms with E-state index in [9.17, 15) is 19.5 Å². The molecule has 1 atom stereocenters. The maximum atomic E-state index is 13.4. The van der Waals surface area contributed by atoms with Crippen LogP contribution in [0.3, 0.4) is 0 Å². The summed E-state index contributed by atoms with van der Waals surface area (Å²) < 4.78 is 15.4. The highest BCUT2D eigenvalue weighted by Gasteiger charge is 2.46. The summed E-state index contributed by atoms with van der Waals surface area (Å²) in [4.78, 5) is 43.5. The van der Waals surface area contributed by atoms with Crippen LogP contribution in [0, 0.1) is 0 Å². The summed E-state index contributed by atoms with van der Waals surface area (Å²) in [5, 5.41) is 12.3. The van der Waals surface area contributed by atoms with Gasteiger partial charge in [-0.05, 0) is 72.1 Å². The van der Waals surface area contributed by atoms with Gasteiger partial charge in [-0.3, -0.25) is 9.59 Å². The number of hydrogen-bond donors (Lipinski definition) is 2. The van der Waals surface area contributed by atoms with Crippen LogP contribution in [-0.2, 0) is 20.7 Å². The van der Waals surface area contributed by atoms with Crippen molar-refractivity contribution in [3.8, 4) is 11.5 Å². The van der Waals surface area contributed by atoms with E-state index in [1.165, 1.54) is 19.1 Å². The number of benzene rings is 3. The monoisotopic (exact) mass is 540 g/mol. The lowest BCUT2D eigenvalue weighted by atomic mass is 9.94. The minimum absolute atomic E-state index is 0.0263. The second-order valence-electron chi connectivity index (χ2n) is 9.31. The Kier molecular flexibility index (Phi) is 7.29. The molecule has 0 bridgehead atoms. The van der Waals surface area contributed by atoms with Gasteiger partial charge in [-0.2, -0.15) is 0 Å². The van der Waals surface area contributed by atoms with Crippen LogP contribution in [0.1, 0.15) is 33.1 Å². The van der Waals surface area contributed by atoms with Gasteiger partial charge in [0.2, 0.25) is 0 Å². The van der Waals surface area contributed by atoms with Crippen LogP contribution < -0.4 is 9.47 Å². The second kappa shape index (κ2) is 11.0. The average Bonchev–Trinajstić information content (AvgIpc) is 3.52. The number of aliphatic hydroxyl groups excluding tert-OH is 1. The molecule has 0 saturated carbocycles. The van der Waals surface area contributed by atoms with E-state index >= 15 is 0 Å². The molecule has 0 spiro atoms. The van der Waals surface area contributed by atoms with Crippen LogP contribution in [0.5, 0.6) is 11.5 Å². The van der Waals surface area contributed by atoms with Crippen molar-refractivity contribution >= 4 is 34.3 Å². The largest absolute Gasteiger partial charge is 0.507 e. The summed E-state index contributed by atoms with van der Waals surface area (Å²) in [5.74, 6) is -0.997. The highest BCUT2D eigenvalue weighted by molar-refractivity contribution is 6.46. The fourth-order valence-electron chi connectivity index (χ4n) is 5.01. The van der Waals surface area contributed by atoms with Gasteiger partial charge >= 0.3 is 5.97 Å². The van der Waals surface area contributed by atoms with Crippen molar-refractivity contribution in [2.24, 2.45) is 0 Å². The number of aromatic nitrogens is 1. The van der Waals surface area contributed by atoms with Crippen LogP contribution in [0.15, 0.2) is 78.5 Å². The Labute approximate surface area is 230 Å². The van der Waals surface area contributed by atoms with Crippen molar-refractivity contribution in [3.05, 3.63) is 101 Å². The van der Waals surface area contributed by atoms with Crippen LogP contribution in [0.25, 0.3) is 16.7 Å². The zero-order valence-electron chi connectivity index (χ0n) is 22.3. The first-order valence-electron chi connectivity index (χ1n) is 12.6. The van der Waals surface area contributed by atoms with Gasteiger partial charge in [0.1, 0.15) is 17.3 Å². The number of aliphatic hydroxyl groups is 1. The molecular weight excluding hydrogens is 512 g/mol. The fraction of sp³-hybridized carbons (Fsp3) is 0.194. The molecule has 9 nitrogen and oxygen atoms in total. The van der Waals surface area contributed by atoms with Gasteiger partial charge in [0.05, 0.1) is 38.5 Å². The number of nitrogens with one attached hydrogen (secondary N) is 1. The van der Waals surface area contributed by atoms with Gasteiger partial charge in [-0.25, -0.2) is 4.79 Å². The molecule has 0 radical (unpaired) electrons. The maximum Gasteiger partial charge on any atom is 0.337 e. The summed E-state index contributed by atoms with van der Waals surface area (Å²) in [6, 6.07) is 17.9. The average molecular weight is 541 g/mol. The molecule has 40 heavy (non-hydrogen) atoms. The number of esters is 1. The zero-order chi connectivity index (χ0) is 28.4. The highest BCUT2D eigenvalue weighted by atomic mass is 16.5. The minimum Gasteiger partial charge on any atom is -0.507 e. The van der Waals surface area contributed by atoms with Gasteiger partial charge < -0.3 is 29.2 Å². The first kappa shape index (κ1) is 26.6. The molecule has 1 unspecified atom stereocenters. The molecule has 1 aliphatic heterocycles. The van der Waals surface area contributed by atoms with E-state index < -0.39 is 23.7 Å². The standard InChI is InChI=1S/C31H28N2O7/c1-38-22-10-8-19(9-11-22)28(34)26-27(18-4-6-20(7-5-18)31(37)40-3)33(30(36)29(26)35)15-14-21-17-32-25-13-12-23(39-2)16-24(21)25/h4-13,16-17,27,32,34H,14-15H2,1-3H3/b28-26-. The number of ether oxygens (including phenoxy) is 3. The Morgan fingerprint density at radius 2 is 1.55 bits per heavy atom. The normalized spacial score (nSPS) is 16.4. The molecule has 0 aliphatic carbocycles. The molecule has 4 aromatic rings. The first-order valence-corrected chi connectivity index (χ1v) is 12.6. The molecule has 2 N–H and O–H groups in total. The fourth-order valence-corrected chi connectivity index (χ4v) is 5.01. The predicted octanol–water partition coefficient (Wildman–Crippen LogP) is 4.64. The number of aromatic amines is 1. The van der Waals surface area contributed by atoms with E-state index in [2.05, 4.69) is 4.98 Å². The number of nitrogens with zero attached hydrogens (tertiary/aromatic N) is 1. The number of methoxy groups -OCH3 is 3. The molecule has 1 aromatic heterocycles. The van der Waals surface area contributed by atoms with Gasteiger partial charge in [0.25, 0.3) is 11.7 Å². The molecule has 1 fully saturated rings. The maximum absolute atomic E-state index is 13.4. The number of hydrogen-bond acceptors (Lipinski definition) is 7. The summed E-state index contributed by atoms with van der Waals surface area (Å²) in [6.45, 7) is 0.206. The Balaban J connectivity index is 1.55. The van der Waals surface area contributed by atoms with E-state index in [-0.39, 0.29) is 17.9 Å². The number of carbonyl (C=O) groups excluding carboxylic acids is 3. The summed E-state index contributed by atoms with van der Waals surface area (Å²) in [6.07, 6.45) is 2.32. The minimum atomic E-state index is -0.867.